The van der Waals surface area contributed by atoms with Crippen LogP contribution in [0.2, 0.25) is 0 Å². The van der Waals surface area contributed by atoms with Crippen LogP contribution in [0.5, 0.6) is 0 Å². The molecular weight excluding hydrogens is 703 g/mol. The molecule has 8 aromatic rings. The molecule has 278 valence electrons. The molecule has 0 amide bonds. The number of allylic oxidation sites excluding steroid dienone is 4. The van der Waals surface area contributed by atoms with Crippen molar-refractivity contribution in [1.82, 2.24) is 0 Å². The minimum absolute atomic E-state index is 0.196. The Morgan fingerprint density at radius 2 is 1.21 bits per heavy atom. The zero-order valence-corrected chi connectivity index (χ0v) is 32.7. The van der Waals surface area contributed by atoms with Gasteiger partial charge in [0, 0.05) is 51.0 Å². The third-order valence-electron chi connectivity index (χ3n) is 11.7. The summed E-state index contributed by atoms with van der Waals surface area (Å²) in [6.07, 6.45) is 8.33. The SMILES string of the molecule is C=C1/C=C\C=C/N(c2ccccc2)c2ccc(-c3ccc(N(c4ccc5c(c4)C(C)(C)c4cc(Nc6ccccc6)ccc4-5)c4cccc5ccccc45)cc3)cc21. The summed E-state index contributed by atoms with van der Waals surface area (Å²) in [7, 11) is 0. The number of nitrogens with one attached hydrogen (secondary N) is 1. The topological polar surface area (TPSA) is 18.5 Å². The van der Waals surface area contributed by atoms with Crippen LogP contribution in [0.25, 0.3) is 38.6 Å². The Hall–Kier alpha value is -7.36. The molecule has 0 bridgehead atoms. The molecule has 0 saturated heterocycles. The van der Waals surface area contributed by atoms with Crippen molar-refractivity contribution in [2.45, 2.75) is 19.3 Å². The minimum Gasteiger partial charge on any atom is -0.356 e. The quantitative estimate of drug-likeness (QED) is 0.175. The molecule has 0 unspecified atom stereocenters. The predicted octanol–water partition coefficient (Wildman–Crippen LogP) is 15.3. The van der Waals surface area contributed by atoms with E-state index in [9.17, 15) is 0 Å². The monoisotopic (exact) mass is 745 g/mol. The van der Waals surface area contributed by atoms with Gasteiger partial charge in [0.05, 0.1) is 11.4 Å². The summed E-state index contributed by atoms with van der Waals surface area (Å²) >= 11 is 0. The lowest BCUT2D eigenvalue weighted by Gasteiger charge is -2.29. The highest BCUT2D eigenvalue weighted by atomic mass is 15.1. The second-order valence-electron chi connectivity index (χ2n) is 15.7. The number of hydrogen-bond donors (Lipinski definition) is 1. The Morgan fingerprint density at radius 1 is 0.534 bits per heavy atom. The Bertz CT molecular complexity index is 2900. The van der Waals surface area contributed by atoms with E-state index < -0.39 is 0 Å². The second kappa shape index (κ2) is 14.3. The van der Waals surface area contributed by atoms with Crippen molar-refractivity contribution in [1.29, 1.82) is 0 Å². The van der Waals surface area contributed by atoms with Crippen LogP contribution in [0.4, 0.5) is 39.8 Å². The van der Waals surface area contributed by atoms with Gasteiger partial charge in [-0.1, -0.05) is 136 Å². The van der Waals surface area contributed by atoms with Crippen LogP contribution in [-0.4, -0.2) is 0 Å². The molecule has 1 aliphatic carbocycles. The summed E-state index contributed by atoms with van der Waals surface area (Å²) in [4.78, 5) is 4.65. The normalized spacial score (nSPS) is 14.8. The molecule has 1 N–H and O–H groups in total. The van der Waals surface area contributed by atoms with Crippen molar-refractivity contribution < 1.29 is 0 Å². The van der Waals surface area contributed by atoms with Crippen LogP contribution in [0.1, 0.15) is 30.5 Å². The van der Waals surface area contributed by atoms with Crippen LogP contribution in [0.3, 0.4) is 0 Å². The van der Waals surface area contributed by atoms with Crippen LogP contribution in [-0.2, 0) is 5.41 Å². The number of nitrogens with zero attached hydrogens (tertiary/aromatic N) is 2. The zero-order chi connectivity index (χ0) is 39.2. The van der Waals surface area contributed by atoms with Crippen molar-refractivity contribution in [2.75, 3.05) is 15.1 Å². The molecule has 3 nitrogen and oxygen atoms in total. The predicted molar refractivity (Wildman–Crippen MR) is 247 cm³/mol. The smallest absolute Gasteiger partial charge is 0.0540 e. The van der Waals surface area contributed by atoms with E-state index in [1.165, 1.54) is 33.0 Å². The lowest BCUT2D eigenvalue weighted by atomic mass is 9.82. The van der Waals surface area contributed by atoms with E-state index in [-0.39, 0.29) is 5.41 Å². The molecule has 2 aliphatic rings. The van der Waals surface area contributed by atoms with Crippen molar-refractivity contribution in [3.05, 3.63) is 230 Å². The van der Waals surface area contributed by atoms with Gasteiger partial charge in [-0.25, -0.2) is 0 Å². The van der Waals surface area contributed by atoms with Crippen molar-refractivity contribution in [2.24, 2.45) is 0 Å². The summed E-state index contributed by atoms with van der Waals surface area (Å²) in [6.45, 7) is 9.17. The van der Waals surface area contributed by atoms with Crippen molar-refractivity contribution >= 4 is 56.2 Å². The molecule has 0 radical (unpaired) electrons. The van der Waals surface area contributed by atoms with Crippen LogP contribution in [0, 0.1) is 0 Å². The molecule has 1 heterocycles. The highest BCUT2D eigenvalue weighted by Gasteiger charge is 2.36. The summed E-state index contributed by atoms with van der Waals surface area (Å²) in [5.41, 5.74) is 17.2. The van der Waals surface area contributed by atoms with Gasteiger partial charge < -0.3 is 15.1 Å². The summed E-state index contributed by atoms with van der Waals surface area (Å²) in [6, 6.07) is 65.7. The van der Waals surface area contributed by atoms with Gasteiger partial charge in [-0.15, -0.1) is 0 Å². The third-order valence-corrected chi connectivity index (χ3v) is 11.7. The zero-order valence-electron chi connectivity index (χ0n) is 32.7. The molecule has 8 aromatic carbocycles. The maximum absolute atomic E-state index is 4.46. The average Bonchev–Trinajstić information content (AvgIpc) is 3.48. The first-order valence-corrected chi connectivity index (χ1v) is 19.9. The standard InChI is InChI=1S/C55H43N3/c1-38-15-12-13-34-57(44-20-8-5-9-21-44)53-33-26-41(35-50(38)53)39-24-28-45(29-25-39)58(54-23-14-17-40-16-10-11-22-47(40)54)46-30-32-49-48-31-27-43(56-42-18-6-4-7-19-42)36-51(48)55(2,3)52(49)37-46/h4-37,56H,1H2,2-3H3/b15-12-,34-13-. The Labute approximate surface area is 341 Å². The van der Waals surface area contributed by atoms with Crippen molar-refractivity contribution in [3.8, 4) is 22.3 Å². The van der Waals surface area contributed by atoms with Gasteiger partial charge in [0.15, 0.2) is 0 Å². The van der Waals surface area contributed by atoms with Crippen molar-refractivity contribution in [3.63, 3.8) is 0 Å². The molecule has 3 heteroatoms. The fraction of sp³-hybridized carbons (Fsp3) is 0.0545. The fourth-order valence-electron chi connectivity index (χ4n) is 8.74. The Kier molecular flexibility index (Phi) is 8.65. The van der Waals surface area contributed by atoms with Crippen LogP contribution in [0.15, 0.2) is 213 Å². The van der Waals surface area contributed by atoms with Gasteiger partial charge in [-0.3, -0.25) is 0 Å². The number of benzene rings is 8. The molecule has 10 rings (SSSR count). The Morgan fingerprint density at radius 3 is 2.02 bits per heavy atom. The van der Waals surface area contributed by atoms with E-state index in [4.69, 9.17) is 0 Å². The molecule has 58 heavy (non-hydrogen) atoms. The van der Waals surface area contributed by atoms with E-state index in [2.05, 4.69) is 236 Å². The van der Waals surface area contributed by atoms with Gasteiger partial charge in [0.25, 0.3) is 0 Å². The first-order chi connectivity index (χ1) is 28.4. The largest absolute Gasteiger partial charge is 0.356 e. The van der Waals surface area contributed by atoms with E-state index in [0.717, 1.165) is 62.1 Å². The summed E-state index contributed by atoms with van der Waals surface area (Å²) < 4.78 is 0. The van der Waals surface area contributed by atoms with E-state index in [0.29, 0.717) is 0 Å². The van der Waals surface area contributed by atoms with Gasteiger partial charge in [-0.05, 0) is 129 Å². The third kappa shape index (κ3) is 6.18. The first kappa shape index (κ1) is 35.1. The van der Waals surface area contributed by atoms with Crippen LogP contribution < -0.4 is 15.1 Å². The highest BCUT2D eigenvalue weighted by molar-refractivity contribution is 6.00. The fourth-order valence-corrected chi connectivity index (χ4v) is 8.74. The minimum atomic E-state index is -0.196. The second-order valence-corrected chi connectivity index (χ2v) is 15.7. The highest BCUT2D eigenvalue weighted by Crippen LogP contribution is 2.52. The average molecular weight is 746 g/mol. The van der Waals surface area contributed by atoms with Gasteiger partial charge >= 0.3 is 0 Å². The summed E-state index contributed by atoms with van der Waals surface area (Å²) in [5, 5.41) is 6.03. The molecule has 1 aliphatic heterocycles. The lowest BCUT2D eigenvalue weighted by Crippen LogP contribution is -2.17. The van der Waals surface area contributed by atoms with Gasteiger partial charge in [0.1, 0.15) is 0 Å². The van der Waals surface area contributed by atoms with E-state index >= 15 is 0 Å². The van der Waals surface area contributed by atoms with Gasteiger partial charge in [0.2, 0.25) is 0 Å². The summed E-state index contributed by atoms with van der Waals surface area (Å²) in [5.74, 6) is 0. The van der Waals surface area contributed by atoms with Gasteiger partial charge in [-0.2, -0.15) is 0 Å². The number of fused-ring (bicyclic) bond motifs is 5. The van der Waals surface area contributed by atoms with Crippen LogP contribution >= 0.6 is 0 Å². The molecule has 0 saturated carbocycles. The maximum atomic E-state index is 4.46. The number of anilines is 7. The molecular formula is C55H43N3. The lowest BCUT2D eigenvalue weighted by molar-refractivity contribution is 0.660. The molecule has 0 spiro atoms. The molecule has 0 aromatic heterocycles. The molecule has 0 fully saturated rings. The maximum Gasteiger partial charge on any atom is 0.0540 e. The number of rotatable bonds is 7. The van der Waals surface area contributed by atoms with E-state index in [1.54, 1.807) is 0 Å². The molecule has 0 atom stereocenters. The Balaban J connectivity index is 1.04. The van der Waals surface area contributed by atoms with E-state index in [1.807, 2.05) is 6.07 Å². The first-order valence-electron chi connectivity index (χ1n) is 19.9. The number of hydrogen-bond acceptors (Lipinski definition) is 3. The number of para-hydroxylation sites is 2.